The van der Waals surface area contributed by atoms with Crippen molar-refractivity contribution in [2.75, 3.05) is 0 Å². The molecule has 0 N–H and O–H groups in total. The summed E-state index contributed by atoms with van der Waals surface area (Å²) in [6.45, 7) is 23.5. The molecule has 1 saturated carbocycles. The van der Waals surface area contributed by atoms with Gasteiger partial charge in [-0.05, 0) is 166 Å². The molecule has 0 heterocycles. The van der Waals surface area contributed by atoms with Crippen molar-refractivity contribution in [1.82, 2.24) is 0 Å². The van der Waals surface area contributed by atoms with E-state index < -0.39 is 0 Å². The molecule has 0 bridgehead atoms. The van der Waals surface area contributed by atoms with Gasteiger partial charge < -0.3 is 0 Å². The number of fused-ring (bicyclic) bond motifs is 9. The maximum Gasteiger partial charge on any atom is -0.00698 e. The van der Waals surface area contributed by atoms with E-state index in [0.29, 0.717) is 5.92 Å². The highest BCUT2D eigenvalue weighted by atomic mass is 14.3. The molecule has 0 unspecified atom stereocenters. The third-order valence-corrected chi connectivity index (χ3v) is 13.0. The van der Waals surface area contributed by atoms with E-state index in [4.69, 9.17) is 0 Å². The molecule has 352 valence electrons. The van der Waals surface area contributed by atoms with E-state index >= 15 is 0 Å². The van der Waals surface area contributed by atoms with Crippen molar-refractivity contribution >= 4 is 59.9 Å². The molecule has 1 fully saturated rings. The van der Waals surface area contributed by atoms with Gasteiger partial charge in [-0.3, -0.25) is 0 Å². The molecular formula is C68H80. The van der Waals surface area contributed by atoms with Crippen LogP contribution in [0, 0.1) is 6.92 Å². The Morgan fingerprint density at radius 1 is 0.426 bits per heavy atom. The first-order chi connectivity index (χ1) is 33.3. The summed E-state index contributed by atoms with van der Waals surface area (Å²) in [5.41, 5.74) is 13.8. The van der Waals surface area contributed by atoms with Gasteiger partial charge in [0.15, 0.2) is 0 Å². The minimum Gasteiger partial charge on any atom is -0.0836 e. The van der Waals surface area contributed by atoms with Gasteiger partial charge in [0.05, 0.1) is 0 Å². The van der Waals surface area contributed by atoms with E-state index in [9.17, 15) is 0 Å². The highest BCUT2D eigenvalue weighted by Crippen LogP contribution is 2.50. The summed E-state index contributed by atoms with van der Waals surface area (Å²) in [6.07, 6.45) is 17.3. The summed E-state index contributed by atoms with van der Waals surface area (Å²) < 4.78 is 0. The van der Waals surface area contributed by atoms with Gasteiger partial charge in [0.1, 0.15) is 0 Å². The number of hydrogen-bond donors (Lipinski definition) is 0. The molecule has 2 aliphatic rings. The van der Waals surface area contributed by atoms with Gasteiger partial charge in [0.2, 0.25) is 0 Å². The normalized spacial score (nSPS) is 12.3. The van der Waals surface area contributed by atoms with E-state index in [1.165, 1.54) is 161 Å². The van der Waals surface area contributed by atoms with E-state index in [2.05, 4.69) is 220 Å². The Morgan fingerprint density at radius 2 is 0.926 bits per heavy atom. The van der Waals surface area contributed by atoms with E-state index in [1.807, 2.05) is 13.8 Å². The van der Waals surface area contributed by atoms with Crippen LogP contribution in [0.5, 0.6) is 0 Å². The number of rotatable bonds is 6. The van der Waals surface area contributed by atoms with Crippen molar-refractivity contribution in [3.8, 4) is 33.4 Å². The number of unbranched alkanes of at least 4 members (excludes halogenated alkanes) is 2. The molecule has 0 aliphatic heterocycles. The standard InChI is InChI=1S/C52H38.2C4H10.2C3H8.C2H6/c1-32-28-40-9-3-5-11-43(40)47-13-7-14-48(51(32)47)49-15-6-12-44(52(49)35-17-18-35)41-23-22-36-29-37(20-21-38(36)30-41)39-19-16-34-25-26-45-42-10-4-2-8-33(42)24-27-46(45)50(34)31-39;2*1-3-4-2;2*1-3-2;1-2/h2,4-8,10-16,19-31,35H,3,9,17-18H2,1H3;2*3-4H2,1-2H3;2*3H2,1-2H3;1-2H3. The fourth-order valence-corrected chi connectivity index (χ4v) is 9.31. The molecule has 0 amide bonds. The van der Waals surface area contributed by atoms with Crippen LogP contribution >= 0.6 is 0 Å². The number of hydrogen-bond acceptors (Lipinski definition) is 0. The highest BCUT2D eigenvalue weighted by Gasteiger charge is 2.30. The number of aryl methyl sites for hydroxylation is 2. The summed E-state index contributed by atoms with van der Waals surface area (Å²) >= 11 is 0. The zero-order valence-electron chi connectivity index (χ0n) is 43.7. The van der Waals surface area contributed by atoms with E-state index in [-0.39, 0.29) is 0 Å². The summed E-state index contributed by atoms with van der Waals surface area (Å²) in [4.78, 5) is 0. The van der Waals surface area contributed by atoms with Crippen LogP contribution in [0.25, 0.3) is 93.3 Å². The minimum absolute atomic E-state index is 0.610. The third-order valence-electron chi connectivity index (χ3n) is 13.0. The Bertz CT molecular complexity index is 3070. The van der Waals surface area contributed by atoms with Gasteiger partial charge in [-0.2, -0.15) is 0 Å². The smallest absolute Gasteiger partial charge is 0.00698 e. The molecule has 9 aromatic rings. The Kier molecular flexibility index (Phi) is 19.2. The fraction of sp³-hybridized carbons (Fsp3) is 0.324. The second-order valence-corrected chi connectivity index (χ2v) is 18.6. The molecule has 68 heavy (non-hydrogen) atoms. The number of benzene rings is 9. The molecular weight excluding hydrogens is 817 g/mol. The zero-order valence-corrected chi connectivity index (χ0v) is 43.7. The third kappa shape index (κ3) is 11.6. The second-order valence-electron chi connectivity index (χ2n) is 18.6. The van der Waals surface area contributed by atoms with E-state index in [0.717, 1.165) is 12.8 Å². The van der Waals surface area contributed by atoms with Crippen molar-refractivity contribution in [2.45, 2.75) is 146 Å². The fourth-order valence-electron chi connectivity index (χ4n) is 9.31. The SMILES string of the molecule is CC.CCC.CCC.CCCC.CCCC.Cc1cc2c(c3cccc(-c4cccc(-c5ccc6cc(-c7ccc8ccc9c%10ccccc%10ccc9c8c7)ccc6c5)c4C4CC4)c13)C=CCC2. The van der Waals surface area contributed by atoms with Crippen LogP contribution < -0.4 is 0 Å². The average molecular weight is 897 g/mol. The van der Waals surface area contributed by atoms with Gasteiger partial charge in [0.25, 0.3) is 0 Å². The topological polar surface area (TPSA) is 0 Å². The van der Waals surface area contributed by atoms with Crippen molar-refractivity contribution in [3.05, 3.63) is 174 Å². The summed E-state index contributed by atoms with van der Waals surface area (Å²) in [5, 5.41) is 13.2. The van der Waals surface area contributed by atoms with Crippen LogP contribution in [0.15, 0.2) is 152 Å². The summed E-state index contributed by atoms with van der Waals surface area (Å²) in [5.74, 6) is 0.610. The van der Waals surface area contributed by atoms with Crippen molar-refractivity contribution in [3.63, 3.8) is 0 Å². The minimum atomic E-state index is 0.610. The lowest BCUT2D eigenvalue weighted by atomic mass is 9.83. The molecule has 2 aliphatic carbocycles. The molecule has 0 saturated heterocycles. The van der Waals surface area contributed by atoms with Gasteiger partial charge in [-0.1, -0.05) is 247 Å². The van der Waals surface area contributed by atoms with Gasteiger partial charge in [-0.25, -0.2) is 0 Å². The molecule has 9 aromatic carbocycles. The van der Waals surface area contributed by atoms with Gasteiger partial charge in [-0.15, -0.1) is 0 Å². The van der Waals surface area contributed by atoms with Gasteiger partial charge >= 0.3 is 0 Å². The van der Waals surface area contributed by atoms with Crippen LogP contribution in [0.2, 0.25) is 0 Å². The zero-order chi connectivity index (χ0) is 48.6. The molecule has 0 aromatic heterocycles. The lowest BCUT2D eigenvalue weighted by molar-refractivity contribution is 0.886. The Labute approximate surface area is 411 Å². The lowest BCUT2D eigenvalue weighted by Crippen LogP contribution is -1.99. The van der Waals surface area contributed by atoms with Crippen LogP contribution in [0.3, 0.4) is 0 Å². The van der Waals surface area contributed by atoms with Crippen LogP contribution in [-0.4, -0.2) is 0 Å². The summed E-state index contributed by atoms with van der Waals surface area (Å²) in [7, 11) is 0. The largest absolute Gasteiger partial charge is 0.0836 e. The van der Waals surface area contributed by atoms with Gasteiger partial charge in [0, 0.05) is 0 Å². The number of allylic oxidation sites excluding steroid dienone is 1. The van der Waals surface area contributed by atoms with Crippen LogP contribution in [-0.2, 0) is 6.42 Å². The molecule has 11 rings (SSSR count). The first-order valence-corrected chi connectivity index (χ1v) is 26.6. The first kappa shape index (κ1) is 51.4. The highest BCUT2D eigenvalue weighted by molar-refractivity contribution is 6.18. The second kappa shape index (κ2) is 25.4. The predicted molar refractivity (Wildman–Crippen MR) is 309 cm³/mol. The molecule has 0 heteroatoms. The van der Waals surface area contributed by atoms with Crippen molar-refractivity contribution in [2.24, 2.45) is 0 Å². The first-order valence-electron chi connectivity index (χ1n) is 26.6. The Balaban J connectivity index is 0.000000422. The Hall–Kier alpha value is -5.98. The van der Waals surface area contributed by atoms with Crippen LogP contribution in [0.4, 0.5) is 0 Å². The maximum absolute atomic E-state index is 2.45. The Morgan fingerprint density at radius 3 is 1.57 bits per heavy atom. The van der Waals surface area contributed by atoms with Crippen molar-refractivity contribution < 1.29 is 0 Å². The molecule has 0 nitrogen and oxygen atoms in total. The van der Waals surface area contributed by atoms with E-state index in [1.54, 1.807) is 0 Å². The lowest BCUT2D eigenvalue weighted by Gasteiger charge is -2.21. The molecule has 0 radical (unpaired) electrons. The van der Waals surface area contributed by atoms with Crippen LogP contribution in [0.1, 0.15) is 155 Å². The molecule has 0 spiro atoms. The molecule has 0 atom stereocenters. The monoisotopic (exact) mass is 897 g/mol. The maximum atomic E-state index is 2.45. The quantitative estimate of drug-likeness (QED) is 0.146. The average Bonchev–Trinajstić information content (AvgIpc) is 4.25. The van der Waals surface area contributed by atoms with Crippen molar-refractivity contribution in [1.29, 1.82) is 0 Å². The summed E-state index contributed by atoms with van der Waals surface area (Å²) in [6, 6.07) is 55.3. The predicted octanol–water partition coefficient (Wildman–Crippen LogP) is 22.1.